The van der Waals surface area contributed by atoms with E-state index in [1.54, 1.807) is 47.4 Å². The molecule has 2 aromatic carbocycles. The summed E-state index contributed by atoms with van der Waals surface area (Å²) < 4.78 is 5.49. The molecule has 3 rings (SSSR count). The number of para-hydroxylation sites is 2. The summed E-state index contributed by atoms with van der Waals surface area (Å²) in [6.07, 6.45) is 0. The van der Waals surface area contributed by atoms with Crippen LogP contribution < -0.4 is 9.64 Å². The van der Waals surface area contributed by atoms with Gasteiger partial charge in [0.05, 0.1) is 4.92 Å². The van der Waals surface area contributed by atoms with Crippen LogP contribution in [0.15, 0.2) is 48.5 Å². The molecular weight excluding hydrogens is 358 g/mol. The van der Waals surface area contributed by atoms with E-state index in [1.807, 2.05) is 4.90 Å². The van der Waals surface area contributed by atoms with E-state index in [0.29, 0.717) is 42.6 Å². The third kappa shape index (κ3) is 4.23. The second-order valence-corrected chi connectivity index (χ2v) is 6.29. The molecule has 0 aliphatic carbocycles. The number of benzene rings is 2. The molecule has 26 heavy (non-hydrogen) atoms. The normalized spacial score (nSPS) is 14.2. The van der Waals surface area contributed by atoms with E-state index in [9.17, 15) is 14.9 Å². The van der Waals surface area contributed by atoms with Crippen LogP contribution in [-0.2, 0) is 4.79 Å². The molecule has 7 nitrogen and oxygen atoms in total. The zero-order valence-corrected chi connectivity index (χ0v) is 14.8. The first kappa shape index (κ1) is 18.0. The lowest BCUT2D eigenvalue weighted by molar-refractivity contribution is -0.384. The van der Waals surface area contributed by atoms with Gasteiger partial charge in [0.25, 0.3) is 11.6 Å². The van der Waals surface area contributed by atoms with Crippen LogP contribution in [0, 0.1) is 10.1 Å². The Morgan fingerprint density at radius 2 is 1.73 bits per heavy atom. The van der Waals surface area contributed by atoms with Crippen LogP contribution in [0.2, 0.25) is 5.02 Å². The Bertz CT molecular complexity index is 789. The third-order valence-corrected chi connectivity index (χ3v) is 4.48. The quantitative estimate of drug-likeness (QED) is 0.593. The van der Waals surface area contributed by atoms with Gasteiger partial charge in [-0.2, -0.15) is 0 Å². The number of hydrogen-bond acceptors (Lipinski definition) is 5. The van der Waals surface area contributed by atoms with E-state index >= 15 is 0 Å². The number of carbonyl (C=O) groups excluding carboxylic acids is 1. The van der Waals surface area contributed by atoms with Crippen molar-refractivity contribution in [2.45, 2.75) is 0 Å². The number of nitro benzene ring substituents is 1. The lowest BCUT2D eigenvalue weighted by Gasteiger charge is -2.35. The summed E-state index contributed by atoms with van der Waals surface area (Å²) in [6.45, 7) is 2.02. The largest absolute Gasteiger partial charge is 0.484 e. The first-order chi connectivity index (χ1) is 12.5. The van der Waals surface area contributed by atoms with Crippen LogP contribution in [0.25, 0.3) is 0 Å². The average Bonchev–Trinajstić information content (AvgIpc) is 2.67. The molecule has 136 valence electrons. The van der Waals surface area contributed by atoms with Gasteiger partial charge in [-0.1, -0.05) is 23.7 Å². The molecule has 0 atom stereocenters. The van der Waals surface area contributed by atoms with Crippen molar-refractivity contribution < 1.29 is 14.5 Å². The predicted octanol–water partition coefficient (Wildman–Crippen LogP) is 2.98. The molecule has 1 aliphatic rings. The van der Waals surface area contributed by atoms with Gasteiger partial charge in [0.1, 0.15) is 11.4 Å². The van der Waals surface area contributed by atoms with Crippen molar-refractivity contribution in [3.63, 3.8) is 0 Å². The predicted molar refractivity (Wildman–Crippen MR) is 98.8 cm³/mol. The van der Waals surface area contributed by atoms with Gasteiger partial charge in [-0.3, -0.25) is 14.9 Å². The lowest BCUT2D eigenvalue weighted by atomic mass is 10.2. The van der Waals surface area contributed by atoms with E-state index in [4.69, 9.17) is 16.3 Å². The molecule has 8 heteroatoms. The van der Waals surface area contributed by atoms with Crippen LogP contribution in [0.5, 0.6) is 5.75 Å². The Hall–Kier alpha value is -2.80. The van der Waals surface area contributed by atoms with Gasteiger partial charge >= 0.3 is 0 Å². The van der Waals surface area contributed by atoms with Gasteiger partial charge in [0.2, 0.25) is 0 Å². The molecule has 1 fully saturated rings. The molecule has 1 saturated heterocycles. The fourth-order valence-electron chi connectivity index (χ4n) is 2.85. The summed E-state index contributed by atoms with van der Waals surface area (Å²) in [5.41, 5.74) is 0.667. The first-order valence-corrected chi connectivity index (χ1v) is 8.57. The molecule has 0 spiro atoms. The maximum absolute atomic E-state index is 12.3. The molecule has 0 saturated carbocycles. The van der Waals surface area contributed by atoms with Gasteiger partial charge in [-0.25, -0.2) is 0 Å². The maximum atomic E-state index is 12.3. The summed E-state index contributed by atoms with van der Waals surface area (Å²) in [4.78, 5) is 26.7. The van der Waals surface area contributed by atoms with Crippen LogP contribution in [0.4, 0.5) is 11.4 Å². The number of hydrogen-bond donors (Lipinski definition) is 0. The van der Waals surface area contributed by atoms with Crippen LogP contribution >= 0.6 is 11.6 Å². The van der Waals surface area contributed by atoms with Crippen molar-refractivity contribution in [2.24, 2.45) is 0 Å². The Morgan fingerprint density at radius 1 is 1.08 bits per heavy atom. The minimum Gasteiger partial charge on any atom is -0.484 e. The summed E-state index contributed by atoms with van der Waals surface area (Å²) in [5.74, 6) is 0.475. The molecule has 2 aromatic rings. The summed E-state index contributed by atoms with van der Waals surface area (Å²) >= 11 is 5.81. The molecule has 1 aliphatic heterocycles. The zero-order valence-electron chi connectivity index (χ0n) is 14.0. The van der Waals surface area contributed by atoms with Crippen molar-refractivity contribution in [1.82, 2.24) is 4.90 Å². The maximum Gasteiger partial charge on any atom is 0.292 e. The van der Waals surface area contributed by atoms with Gasteiger partial charge in [-0.05, 0) is 30.3 Å². The van der Waals surface area contributed by atoms with E-state index in [-0.39, 0.29) is 23.1 Å². The Balaban J connectivity index is 1.54. The summed E-state index contributed by atoms with van der Waals surface area (Å²) in [5, 5.41) is 11.8. The van der Waals surface area contributed by atoms with Crippen molar-refractivity contribution in [3.05, 3.63) is 63.7 Å². The smallest absolute Gasteiger partial charge is 0.292 e. The number of amides is 1. The number of nitrogens with zero attached hydrogens (tertiary/aromatic N) is 3. The Labute approximate surface area is 155 Å². The molecule has 0 radical (unpaired) electrons. The monoisotopic (exact) mass is 375 g/mol. The fraction of sp³-hybridized carbons (Fsp3) is 0.278. The van der Waals surface area contributed by atoms with Gasteiger partial charge < -0.3 is 14.5 Å². The van der Waals surface area contributed by atoms with E-state index in [2.05, 4.69) is 0 Å². The van der Waals surface area contributed by atoms with Crippen molar-refractivity contribution in [2.75, 3.05) is 37.7 Å². The molecule has 0 aromatic heterocycles. The topological polar surface area (TPSA) is 75.9 Å². The number of anilines is 1. The molecular formula is C18H18ClN3O4. The zero-order chi connectivity index (χ0) is 18.5. The second kappa shape index (κ2) is 8.05. The SMILES string of the molecule is O=C(COc1ccc(Cl)cc1)N1CCN(c2ccccc2[N+](=O)[O-])CC1. The number of rotatable bonds is 5. The number of carbonyl (C=O) groups is 1. The van der Waals surface area contributed by atoms with E-state index < -0.39 is 0 Å². The lowest BCUT2D eigenvalue weighted by Crippen LogP contribution is -2.50. The molecule has 0 bridgehead atoms. The van der Waals surface area contributed by atoms with Crippen LogP contribution in [0.1, 0.15) is 0 Å². The van der Waals surface area contributed by atoms with E-state index in [0.717, 1.165) is 0 Å². The van der Waals surface area contributed by atoms with Crippen LogP contribution in [0.3, 0.4) is 0 Å². The standard InChI is InChI=1S/C18H18ClN3O4/c19-14-5-7-15(8-6-14)26-13-18(23)21-11-9-20(10-12-21)16-3-1-2-4-17(16)22(24)25/h1-8H,9-13H2. The van der Waals surface area contributed by atoms with Gasteiger partial charge in [0.15, 0.2) is 6.61 Å². The highest BCUT2D eigenvalue weighted by atomic mass is 35.5. The molecule has 0 unspecified atom stereocenters. The molecule has 0 N–H and O–H groups in total. The fourth-order valence-corrected chi connectivity index (χ4v) is 2.98. The number of halogens is 1. The number of nitro groups is 1. The minimum atomic E-state index is -0.382. The minimum absolute atomic E-state index is 0.0485. The summed E-state index contributed by atoms with van der Waals surface area (Å²) in [7, 11) is 0. The molecule has 1 heterocycles. The van der Waals surface area contributed by atoms with Crippen molar-refractivity contribution in [3.8, 4) is 5.75 Å². The summed E-state index contributed by atoms with van der Waals surface area (Å²) in [6, 6.07) is 13.5. The third-order valence-electron chi connectivity index (χ3n) is 4.23. The highest BCUT2D eigenvalue weighted by Gasteiger charge is 2.25. The highest BCUT2D eigenvalue weighted by molar-refractivity contribution is 6.30. The molecule has 1 amide bonds. The number of piperazine rings is 1. The number of ether oxygens (including phenoxy) is 1. The van der Waals surface area contributed by atoms with E-state index in [1.165, 1.54) is 6.07 Å². The van der Waals surface area contributed by atoms with Crippen LogP contribution in [-0.4, -0.2) is 48.5 Å². The second-order valence-electron chi connectivity index (χ2n) is 5.86. The van der Waals surface area contributed by atoms with Gasteiger partial charge in [0, 0.05) is 37.3 Å². The van der Waals surface area contributed by atoms with Crippen molar-refractivity contribution >= 4 is 28.9 Å². The Kier molecular flexibility index (Phi) is 5.58. The first-order valence-electron chi connectivity index (χ1n) is 8.19. The highest BCUT2D eigenvalue weighted by Crippen LogP contribution is 2.28. The Morgan fingerprint density at radius 3 is 2.38 bits per heavy atom. The van der Waals surface area contributed by atoms with Crippen molar-refractivity contribution in [1.29, 1.82) is 0 Å². The average molecular weight is 376 g/mol. The van der Waals surface area contributed by atoms with Gasteiger partial charge in [-0.15, -0.1) is 0 Å².